The Kier molecular flexibility index (Phi) is 5.10. The molecule has 0 aliphatic rings. The summed E-state index contributed by atoms with van der Waals surface area (Å²) in [7, 11) is 0. The van der Waals surface area contributed by atoms with E-state index in [9.17, 15) is 9.59 Å². The van der Waals surface area contributed by atoms with E-state index < -0.39 is 0 Å². The summed E-state index contributed by atoms with van der Waals surface area (Å²) in [4.78, 5) is 25.0. The number of fused-ring (bicyclic) bond motifs is 1. The van der Waals surface area contributed by atoms with Crippen molar-refractivity contribution in [2.45, 2.75) is 13.5 Å². The maximum absolute atomic E-state index is 12.5. The molecule has 0 atom stereocenters. The van der Waals surface area contributed by atoms with Gasteiger partial charge in [0, 0.05) is 16.3 Å². The van der Waals surface area contributed by atoms with Crippen LogP contribution in [0.3, 0.4) is 0 Å². The van der Waals surface area contributed by atoms with Crippen LogP contribution >= 0.6 is 11.6 Å². The number of halogens is 1. The molecule has 0 bridgehead atoms. The lowest BCUT2D eigenvalue weighted by atomic mass is 10.1. The minimum atomic E-state index is -0.221. The van der Waals surface area contributed by atoms with Gasteiger partial charge in [-0.1, -0.05) is 41.1 Å². The zero-order valence-electron chi connectivity index (χ0n) is 15.6. The lowest BCUT2D eigenvalue weighted by Gasteiger charge is -2.08. The fourth-order valence-electron chi connectivity index (χ4n) is 2.99. The van der Waals surface area contributed by atoms with E-state index >= 15 is 0 Å². The van der Waals surface area contributed by atoms with Gasteiger partial charge in [0.2, 0.25) is 0 Å². The Morgan fingerprint density at radius 1 is 1.07 bits per heavy atom. The third-order valence-electron chi connectivity index (χ3n) is 4.59. The molecule has 1 aromatic heterocycles. The van der Waals surface area contributed by atoms with E-state index in [0.717, 1.165) is 11.1 Å². The first kappa shape index (κ1) is 18.8. The monoisotopic (exact) mass is 404 g/mol. The van der Waals surface area contributed by atoms with Gasteiger partial charge in [0.15, 0.2) is 0 Å². The zero-order chi connectivity index (χ0) is 20.4. The molecule has 6 nitrogen and oxygen atoms in total. The second kappa shape index (κ2) is 7.85. The van der Waals surface area contributed by atoms with Crippen LogP contribution < -0.4 is 10.9 Å². The van der Waals surface area contributed by atoms with Crippen LogP contribution in [0.5, 0.6) is 0 Å². The number of aryl methyl sites for hydroxylation is 1. The Morgan fingerprint density at radius 2 is 1.83 bits per heavy atom. The minimum absolute atomic E-state index is 0.199. The number of carbonyl (C=O) groups is 1. The molecule has 0 unspecified atom stereocenters. The van der Waals surface area contributed by atoms with Crippen LogP contribution in [0.15, 0.2) is 71.5 Å². The molecule has 0 radical (unpaired) electrons. The predicted molar refractivity (Wildman–Crippen MR) is 113 cm³/mol. The molecule has 4 rings (SSSR count). The summed E-state index contributed by atoms with van der Waals surface area (Å²) in [6.45, 7) is 2.15. The molecule has 0 saturated carbocycles. The van der Waals surface area contributed by atoms with Crippen LogP contribution in [0.1, 0.15) is 21.5 Å². The summed E-state index contributed by atoms with van der Waals surface area (Å²) in [6.07, 6.45) is 0. The number of amides is 1. The fraction of sp³-hybridized carbons (Fsp3) is 0.0909. The van der Waals surface area contributed by atoms with Gasteiger partial charge in [-0.15, -0.1) is 5.10 Å². The molecule has 29 heavy (non-hydrogen) atoms. The molecule has 0 saturated heterocycles. The molecule has 7 heteroatoms. The van der Waals surface area contributed by atoms with Crippen molar-refractivity contribution in [1.29, 1.82) is 0 Å². The molecule has 1 heterocycles. The molecule has 1 amide bonds. The van der Waals surface area contributed by atoms with Crippen molar-refractivity contribution in [1.82, 2.24) is 15.0 Å². The molecule has 144 valence electrons. The lowest BCUT2D eigenvalue weighted by molar-refractivity contribution is 0.102. The van der Waals surface area contributed by atoms with Crippen LogP contribution in [-0.2, 0) is 6.54 Å². The summed E-state index contributed by atoms with van der Waals surface area (Å²) in [5, 5.41) is 12.1. The van der Waals surface area contributed by atoms with Crippen LogP contribution in [0.25, 0.3) is 10.9 Å². The number of nitrogens with zero attached hydrogens (tertiary/aromatic N) is 3. The third kappa shape index (κ3) is 4.02. The summed E-state index contributed by atoms with van der Waals surface area (Å²) in [6, 6.07) is 19.4. The third-order valence-corrected chi connectivity index (χ3v) is 5.02. The fourth-order valence-corrected chi connectivity index (χ4v) is 3.10. The van der Waals surface area contributed by atoms with Gasteiger partial charge in [-0.05, 0) is 60.5 Å². The van der Waals surface area contributed by atoms with Crippen molar-refractivity contribution in [3.8, 4) is 0 Å². The van der Waals surface area contributed by atoms with Gasteiger partial charge in [0.25, 0.3) is 11.5 Å². The smallest absolute Gasteiger partial charge is 0.277 e. The molecule has 0 aliphatic heterocycles. The average molecular weight is 405 g/mol. The lowest BCUT2D eigenvalue weighted by Crippen LogP contribution is -2.24. The first-order valence-corrected chi connectivity index (χ1v) is 9.38. The van der Waals surface area contributed by atoms with Crippen LogP contribution in [0.2, 0.25) is 5.02 Å². The SMILES string of the molecule is Cc1cc(NC(=O)c2ccc(Cn3nnc4ccccc4c3=O)cc2)ccc1Cl. The van der Waals surface area contributed by atoms with Gasteiger partial charge in [-0.2, -0.15) is 0 Å². The van der Waals surface area contributed by atoms with Crippen LogP contribution in [0, 0.1) is 6.92 Å². The zero-order valence-corrected chi connectivity index (χ0v) is 16.3. The van der Waals surface area contributed by atoms with E-state index in [1.54, 1.807) is 54.6 Å². The predicted octanol–water partition coefficient (Wildman–Crippen LogP) is 4.05. The van der Waals surface area contributed by atoms with Crippen molar-refractivity contribution in [2.24, 2.45) is 0 Å². The summed E-state index contributed by atoms with van der Waals surface area (Å²) in [5.41, 5.74) is 3.29. The highest BCUT2D eigenvalue weighted by molar-refractivity contribution is 6.31. The Balaban J connectivity index is 1.50. The summed E-state index contributed by atoms with van der Waals surface area (Å²) < 4.78 is 1.31. The number of anilines is 1. The number of aromatic nitrogens is 3. The number of nitrogens with one attached hydrogen (secondary N) is 1. The Bertz CT molecular complexity index is 1270. The second-order valence-corrected chi connectivity index (χ2v) is 7.09. The van der Waals surface area contributed by atoms with E-state index in [1.165, 1.54) is 4.68 Å². The maximum atomic E-state index is 12.5. The number of benzene rings is 3. The number of carbonyl (C=O) groups excluding carboxylic acids is 1. The average Bonchev–Trinajstić information content (AvgIpc) is 2.73. The number of hydrogen-bond acceptors (Lipinski definition) is 4. The van der Waals surface area contributed by atoms with Crippen molar-refractivity contribution >= 4 is 34.1 Å². The van der Waals surface area contributed by atoms with E-state index in [2.05, 4.69) is 15.6 Å². The van der Waals surface area contributed by atoms with Crippen molar-refractivity contribution in [3.05, 3.63) is 98.8 Å². The minimum Gasteiger partial charge on any atom is -0.322 e. The van der Waals surface area contributed by atoms with E-state index in [0.29, 0.717) is 27.2 Å². The summed E-state index contributed by atoms with van der Waals surface area (Å²) >= 11 is 6.01. The molecular weight excluding hydrogens is 388 g/mol. The quantitative estimate of drug-likeness (QED) is 0.556. The topological polar surface area (TPSA) is 76.9 Å². The van der Waals surface area contributed by atoms with Crippen LogP contribution in [0.4, 0.5) is 5.69 Å². The Labute approximate surface area is 171 Å². The highest BCUT2D eigenvalue weighted by atomic mass is 35.5. The van der Waals surface area contributed by atoms with E-state index in [-0.39, 0.29) is 18.0 Å². The first-order chi connectivity index (χ1) is 14.0. The normalized spacial score (nSPS) is 10.8. The molecular formula is C22H17ClN4O2. The van der Waals surface area contributed by atoms with Gasteiger partial charge in [0.05, 0.1) is 11.9 Å². The number of rotatable bonds is 4. The van der Waals surface area contributed by atoms with Gasteiger partial charge in [-0.25, -0.2) is 4.68 Å². The first-order valence-electron chi connectivity index (χ1n) is 9.00. The molecule has 4 aromatic rings. The van der Waals surface area contributed by atoms with E-state index in [4.69, 9.17) is 11.6 Å². The largest absolute Gasteiger partial charge is 0.322 e. The highest BCUT2D eigenvalue weighted by Crippen LogP contribution is 2.20. The molecule has 1 N–H and O–H groups in total. The maximum Gasteiger partial charge on any atom is 0.277 e. The van der Waals surface area contributed by atoms with Crippen molar-refractivity contribution in [3.63, 3.8) is 0 Å². The van der Waals surface area contributed by atoms with Crippen molar-refractivity contribution < 1.29 is 4.79 Å². The van der Waals surface area contributed by atoms with Gasteiger partial charge in [0.1, 0.15) is 5.52 Å². The summed E-state index contributed by atoms with van der Waals surface area (Å²) in [5.74, 6) is -0.221. The molecule has 0 aliphatic carbocycles. The highest BCUT2D eigenvalue weighted by Gasteiger charge is 2.09. The van der Waals surface area contributed by atoms with Gasteiger partial charge in [-0.3, -0.25) is 9.59 Å². The molecule has 3 aromatic carbocycles. The van der Waals surface area contributed by atoms with Crippen molar-refractivity contribution in [2.75, 3.05) is 5.32 Å². The number of hydrogen-bond donors (Lipinski definition) is 1. The molecule has 0 fully saturated rings. The Hall–Kier alpha value is -3.51. The standard InChI is InChI=1S/C22H17ClN4O2/c1-14-12-17(10-11-19(14)23)24-21(28)16-8-6-15(7-9-16)13-27-22(29)18-4-2-3-5-20(18)25-26-27/h2-12H,13H2,1H3,(H,24,28). The second-order valence-electron chi connectivity index (χ2n) is 6.68. The molecule has 0 spiro atoms. The van der Waals surface area contributed by atoms with Crippen LogP contribution in [-0.4, -0.2) is 20.9 Å². The van der Waals surface area contributed by atoms with Gasteiger partial charge >= 0.3 is 0 Å². The Morgan fingerprint density at radius 3 is 2.59 bits per heavy atom. The van der Waals surface area contributed by atoms with E-state index in [1.807, 2.05) is 19.1 Å². The van der Waals surface area contributed by atoms with Gasteiger partial charge < -0.3 is 5.32 Å².